The summed E-state index contributed by atoms with van der Waals surface area (Å²) in [5.41, 5.74) is 0. The molecule has 0 aromatic carbocycles. The number of hydrogen-bond donors (Lipinski definition) is 0. The third kappa shape index (κ3) is 20.7. The van der Waals surface area contributed by atoms with Gasteiger partial charge in [-0.2, -0.15) is 0 Å². The van der Waals surface area contributed by atoms with E-state index in [-0.39, 0.29) is 0 Å². The minimum absolute atomic E-state index is 0.325. The lowest BCUT2D eigenvalue weighted by Gasteiger charge is -2.32. The molecule has 0 fully saturated rings. The highest BCUT2D eigenvalue weighted by Gasteiger charge is 2.34. The van der Waals surface area contributed by atoms with Gasteiger partial charge in [0.25, 0.3) is 0 Å². The molecule has 0 amide bonds. The molecular formula is C29H62O2Si. The Hall–Kier alpha value is 0.137. The van der Waals surface area contributed by atoms with E-state index in [1.165, 1.54) is 116 Å². The molecule has 0 saturated heterocycles. The highest BCUT2D eigenvalue weighted by atomic mass is 28.4. The van der Waals surface area contributed by atoms with Crippen LogP contribution in [0.3, 0.4) is 0 Å². The fourth-order valence-corrected chi connectivity index (χ4v) is 7.73. The van der Waals surface area contributed by atoms with Crippen molar-refractivity contribution >= 4 is 8.56 Å². The molecule has 0 N–H and O–H groups in total. The third-order valence-electron chi connectivity index (χ3n) is 7.04. The smallest absolute Gasteiger partial charge is 0.335 e. The summed E-state index contributed by atoms with van der Waals surface area (Å²) in [5, 5.41) is 0. The van der Waals surface area contributed by atoms with Crippen LogP contribution in [0.5, 0.6) is 0 Å². The molecule has 0 aliphatic rings. The van der Waals surface area contributed by atoms with Gasteiger partial charge in [0.15, 0.2) is 0 Å². The van der Waals surface area contributed by atoms with E-state index < -0.39 is 8.56 Å². The second-order valence-corrected chi connectivity index (χ2v) is 13.8. The molecule has 0 aromatic rings. The molecule has 0 aromatic heterocycles. The van der Waals surface area contributed by atoms with Gasteiger partial charge < -0.3 is 8.85 Å². The van der Waals surface area contributed by atoms with Crippen LogP contribution in [-0.2, 0) is 8.85 Å². The van der Waals surface area contributed by atoms with E-state index in [2.05, 4.69) is 41.2 Å². The predicted molar refractivity (Wildman–Crippen MR) is 147 cm³/mol. The second kappa shape index (κ2) is 22.9. The van der Waals surface area contributed by atoms with Crippen LogP contribution in [0.2, 0.25) is 12.6 Å². The van der Waals surface area contributed by atoms with Crippen molar-refractivity contribution in [2.75, 3.05) is 0 Å². The van der Waals surface area contributed by atoms with Gasteiger partial charge in [-0.15, -0.1) is 0 Å². The highest BCUT2D eigenvalue weighted by molar-refractivity contribution is 6.66. The minimum Gasteiger partial charge on any atom is -0.392 e. The molecule has 0 heterocycles. The average molecular weight is 471 g/mol. The van der Waals surface area contributed by atoms with Gasteiger partial charge in [0.1, 0.15) is 0 Å². The normalized spacial score (nSPS) is 15.6. The minimum atomic E-state index is -2.03. The second-order valence-electron chi connectivity index (χ2n) is 10.6. The zero-order valence-corrected chi connectivity index (χ0v) is 24.3. The van der Waals surface area contributed by atoms with Crippen LogP contribution in [-0.4, -0.2) is 20.8 Å². The summed E-state index contributed by atoms with van der Waals surface area (Å²) in [4.78, 5) is 0. The summed E-state index contributed by atoms with van der Waals surface area (Å²) in [6, 6.07) is 1.15. The first kappa shape index (κ1) is 32.1. The lowest BCUT2D eigenvalue weighted by atomic mass is 10.0. The van der Waals surface area contributed by atoms with Gasteiger partial charge in [-0.3, -0.25) is 0 Å². The van der Waals surface area contributed by atoms with Crippen molar-refractivity contribution in [2.24, 2.45) is 0 Å². The molecule has 2 unspecified atom stereocenters. The highest BCUT2D eigenvalue weighted by Crippen LogP contribution is 2.24. The molecule has 0 rings (SSSR count). The van der Waals surface area contributed by atoms with Gasteiger partial charge in [-0.1, -0.05) is 136 Å². The van der Waals surface area contributed by atoms with Crippen molar-refractivity contribution in [1.82, 2.24) is 0 Å². The summed E-state index contributed by atoms with van der Waals surface area (Å²) >= 11 is 0. The fraction of sp³-hybridized carbons (Fsp3) is 1.00. The van der Waals surface area contributed by atoms with Gasteiger partial charge in [0.2, 0.25) is 0 Å². The Labute approximate surface area is 205 Å². The summed E-state index contributed by atoms with van der Waals surface area (Å²) in [7, 11) is -2.03. The fourth-order valence-electron chi connectivity index (χ4n) is 4.51. The van der Waals surface area contributed by atoms with Crippen molar-refractivity contribution in [2.45, 2.75) is 188 Å². The van der Waals surface area contributed by atoms with Gasteiger partial charge in [0.05, 0.1) is 0 Å². The van der Waals surface area contributed by atoms with Crippen LogP contribution in [0, 0.1) is 0 Å². The maximum atomic E-state index is 6.41. The summed E-state index contributed by atoms with van der Waals surface area (Å²) in [6.07, 6.45) is 28.5. The predicted octanol–water partition coefficient (Wildman–Crippen LogP) is 10.7. The SMILES string of the molecule is CCCCCCCCCCCCCCCCCCCC[Si](C)(OC(C)CC)OC(C)CC. The van der Waals surface area contributed by atoms with E-state index in [0.29, 0.717) is 12.2 Å². The Morgan fingerprint density at radius 3 is 1.03 bits per heavy atom. The number of hydrogen-bond acceptors (Lipinski definition) is 2. The molecule has 0 saturated carbocycles. The summed E-state index contributed by atoms with van der Waals surface area (Å²) < 4.78 is 12.8. The van der Waals surface area contributed by atoms with Crippen LogP contribution in [0.1, 0.15) is 163 Å². The largest absolute Gasteiger partial charge is 0.392 e. The lowest BCUT2D eigenvalue weighted by molar-refractivity contribution is 0.0907. The maximum Gasteiger partial charge on any atom is 0.335 e. The van der Waals surface area contributed by atoms with Crippen molar-refractivity contribution in [3.05, 3.63) is 0 Å². The van der Waals surface area contributed by atoms with E-state index in [9.17, 15) is 0 Å². The standard InChI is InChI=1S/C29H62O2Si/c1-7-10-11-12-13-14-15-16-17-18-19-20-21-22-23-24-25-26-27-32(6,30-28(4)8-2)31-29(5)9-3/h28-29H,7-27H2,1-6H3. The number of rotatable bonds is 25. The van der Waals surface area contributed by atoms with Crippen LogP contribution in [0.4, 0.5) is 0 Å². The lowest BCUT2D eigenvalue weighted by Crippen LogP contribution is -2.43. The topological polar surface area (TPSA) is 18.5 Å². The van der Waals surface area contributed by atoms with Crippen molar-refractivity contribution < 1.29 is 8.85 Å². The van der Waals surface area contributed by atoms with Crippen LogP contribution in [0.15, 0.2) is 0 Å². The average Bonchev–Trinajstić information content (AvgIpc) is 2.77. The quantitative estimate of drug-likeness (QED) is 0.0975. The van der Waals surface area contributed by atoms with Crippen molar-refractivity contribution in [3.8, 4) is 0 Å². The Balaban J connectivity index is 3.54. The van der Waals surface area contributed by atoms with E-state index in [1.54, 1.807) is 0 Å². The Kier molecular flexibility index (Phi) is 23.0. The Morgan fingerprint density at radius 2 is 0.750 bits per heavy atom. The van der Waals surface area contributed by atoms with Gasteiger partial charge in [0, 0.05) is 12.2 Å². The van der Waals surface area contributed by atoms with Crippen LogP contribution in [0.25, 0.3) is 0 Å². The van der Waals surface area contributed by atoms with E-state index in [4.69, 9.17) is 8.85 Å². The first-order chi connectivity index (χ1) is 15.5. The van der Waals surface area contributed by atoms with Gasteiger partial charge >= 0.3 is 8.56 Å². The van der Waals surface area contributed by atoms with E-state index in [1.807, 2.05) is 0 Å². The Bertz CT molecular complexity index is 362. The van der Waals surface area contributed by atoms with Crippen LogP contribution < -0.4 is 0 Å². The van der Waals surface area contributed by atoms with Gasteiger partial charge in [-0.25, -0.2) is 0 Å². The molecule has 0 radical (unpaired) electrons. The molecule has 0 spiro atoms. The molecule has 0 aliphatic carbocycles. The molecule has 0 bridgehead atoms. The molecule has 194 valence electrons. The maximum absolute atomic E-state index is 6.41. The zero-order chi connectivity index (χ0) is 23.9. The monoisotopic (exact) mass is 470 g/mol. The number of unbranched alkanes of at least 4 members (excludes halogenated alkanes) is 17. The van der Waals surface area contributed by atoms with Crippen molar-refractivity contribution in [1.29, 1.82) is 0 Å². The molecule has 32 heavy (non-hydrogen) atoms. The molecule has 0 aliphatic heterocycles. The first-order valence-corrected chi connectivity index (χ1v) is 17.3. The molecule has 3 heteroatoms. The molecule has 2 nitrogen and oxygen atoms in total. The summed E-state index contributed by atoms with van der Waals surface area (Å²) in [6.45, 7) is 13.4. The molecular weight excluding hydrogens is 408 g/mol. The zero-order valence-electron chi connectivity index (χ0n) is 23.3. The summed E-state index contributed by atoms with van der Waals surface area (Å²) in [5.74, 6) is 0. The first-order valence-electron chi connectivity index (χ1n) is 14.8. The molecule has 2 atom stereocenters. The van der Waals surface area contributed by atoms with Gasteiger partial charge in [-0.05, 0) is 39.3 Å². The van der Waals surface area contributed by atoms with E-state index >= 15 is 0 Å². The van der Waals surface area contributed by atoms with E-state index in [0.717, 1.165) is 18.9 Å². The van der Waals surface area contributed by atoms with Crippen molar-refractivity contribution in [3.63, 3.8) is 0 Å². The Morgan fingerprint density at radius 1 is 0.469 bits per heavy atom. The third-order valence-corrected chi connectivity index (χ3v) is 10.1. The van der Waals surface area contributed by atoms with Crippen LogP contribution >= 0.6 is 0 Å².